The molecule has 3 aromatic carbocycles. The highest BCUT2D eigenvalue weighted by atomic mass is 79.9. The van der Waals surface area contributed by atoms with Gasteiger partial charge in [0.1, 0.15) is 0 Å². The molecule has 0 radical (unpaired) electrons. The zero-order chi connectivity index (χ0) is 32.4. The molecule has 0 aliphatic carbocycles. The molecule has 0 fully saturated rings. The Kier molecular flexibility index (Phi) is 9.90. The molecular weight excluding hydrogens is 636 g/mol. The van der Waals surface area contributed by atoms with E-state index in [9.17, 15) is 4.80 Å². The van der Waals surface area contributed by atoms with E-state index in [1.165, 1.54) is 22.2 Å². The predicted molar refractivity (Wildman–Crippen MR) is 195 cm³/mol. The minimum absolute atomic E-state index is 0.0425. The number of fused-ring (bicyclic) bond motifs is 1. The lowest BCUT2D eigenvalue weighted by molar-refractivity contribution is 0.116. The Bertz CT molecular complexity index is 1710. The Labute approximate surface area is 278 Å². The minimum Gasteiger partial charge on any atom is -0.424 e. The minimum atomic E-state index is -3.09. The fourth-order valence-corrected chi connectivity index (χ4v) is 11.1. The molecule has 5 rings (SSSR count). The molecule has 45 heavy (non-hydrogen) atoms. The van der Waals surface area contributed by atoms with E-state index in [1.807, 2.05) is 24.4 Å². The highest BCUT2D eigenvalue weighted by Crippen LogP contribution is 2.46. The molecule has 0 unspecified atom stereocenters. The van der Waals surface area contributed by atoms with Crippen LogP contribution in [0.25, 0.3) is 22.2 Å². The van der Waals surface area contributed by atoms with Crippen molar-refractivity contribution in [3.05, 3.63) is 113 Å². The number of methoxy groups -OCH3 is 1. The van der Waals surface area contributed by atoms with Gasteiger partial charge in [-0.2, -0.15) is 0 Å². The van der Waals surface area contributed by atoms with Gasteiger partial charge in [0.05, 0.1) is 17.5 Å². The summed E-state index contributed by atoms with van der Waals surface area (Å²) in [5.41, 5.74) is 5.84. The second-order valence-electron chi connectivity index (χ2n) is 13.7. The van der Waals surface area contributed by atoms with Gasteiger partial charge in [0.25, 0.3) is 8.32 Å². The number of rotatable bonds is 12. The highest BCUT2D eigenvalue weighted by molar-refractivity contribution is 9.10. The topological polar surface area (TPSA) is 47.3 Å². The van der Waals surface area contributed by atoms with Gasteiger partial charge < -0.3 is 14.1 Å². The molecule has 6 heteroatoms. The van der Waals surface area contributed by atoms with E-state index in [0.717, 1.165) is 51.9 Å². The smallest absolute Gasteiger partial charge is 0.258 e. The van der Waals surface area contributed by atoms with Crippen LogP contribution in [0.3, 0.4) is 0 Å². The van der Waals surface area contributed by atoms with E-state index in [2.05, 4.69) is 135 Å². The van der Waals surface area contributed by atoms with E-state index >= 15 is 0 Å². The monoisotopic (exact) mass is 682 g/mol. The van der Waals surface area contributed by atoms with Gasteiger partial charge >= 0.3 is 0 Å². The first-order chi connectivity index (χ1) is 21.4. The van der Waals surface area contributed by atoms with Crippen LogP contribution >= 0.6 is 15.9 Å². The molecule has 1 N–H and O–H groups in total. The standard InChI is InChI=1S/C39H47BrN2O2Si/c1-8-42-35-22-21-29(40)26-33(35)34(37(42)32-20-15-25-41-36(32)28(2)44-7)27-38(3,4)23-24-39(5,6)45(43,30-16-11-9-12-17-30)31-18-13-10-14-19-31/h9-22,25-26,28,43H,8,23-24,27H2,1-7H3/t28-/m0/s1. The summed E-state index contributed by atoms with van der Waals surface area (Å²) in [7, 11) is -1.35. The zero-order valence-corrected chi connectivity index (χ0v) is 30.4. The average molecular weight is 684 g/mol. The Balaban J connectivity index is 1.56. The number of pyridine rings is 1. The SMILES string of the molecule is CCn1c(-c2cccnc2[C@H](C)OC)c(CC(C)(C)CCC(C)(C)[Si](O)(c2ccccc2)c2ccccc2)c2cc(Br)ccc21. The van der Waals surface area contributed by atoms with Gasteiger partial charge in [0, 0.05) is 40.8 Å². The summed E-state index contributed by atoms with van der Waals surface area (Å²) >= 11 is 3.77. The number of nitrogens with zero attached hydrogens (tertiary/aromatic N) is 2. The van der Waals surface area contributed by atoms with Gasteiger partial charge in [-0.05, 0) is 89.8 Å². The maximum Gasteiger partial charge on any atom is 0.258 e. The molecule has 0 saturated heterocycles. The Morgan fingerprint density at radius 3 is 2.09 bits per heavy atom. The average Bonchev–Trinajstić information content (AvgIpc) is 3.35. The van der Waals surface area contributed by atoms with Crippen molar-refractivity contribution in [2.24, 2.45) is 5.41 Å². The first-order valence-corrected chi connectivity index (χ1v) is 18.8. The molecule has 0 aliphatic rings. The van der Waals surface area contributed by atoms with Crippen molar-refractivity contribution in [1.82, 2.24) is 9.55 Å². The molecule has 0 saturated carbocycles. The molecule has 236 valence electrons. The summed E-state index contributed by atoms with van der Waals surface area (Å²) in [6, 6.07) is 31.6. The molecule has 0 spiro atoms. The molecule has 0 bridgehead atoms. The van der Waals surface area contributed by atoms with E-state index in [-0.39, 0.29) is 16.6 Å². The second-order valence-corrected chi connectivity index (χ2v) is 18.6. The van der Waals surface area contributed by atoms with Crippen LogP contribution in [0.4, 0.5) is 0 Å². The number of hydrogen-bond donors (Lipinski definition) is 1. The van der Waals surface area contributed by atoms with Gasteiger partial charge in [0.2, 0.25) is 0 Å². The highest BCUT2D eigenvalue weighted by Gasteiger charge is 2.50. The van der Waals surface area contributed by atoms with Crippen LogP contribution in [0.2, 0.25) is 5.04 Å². The van der Waals surface area contributed by atoms with E-state index in [4.69, 9.17) is 9.72 Å². The van der Waals surface area contributed by atoms with Crippen molar-refractivity contribution in [3.8, 4) is 11.3 Å². The summed E-state index contributed by atoms with van der Waals surface area (Å²) in [5, 5.41) is 3.09. The molecular formula is C39H47BrN2O2Si. The summed E-state index contributed by atoms with van der Waals surface area (Å²) in [4.78, 5) is 17.6. The molecule has 2 heterocycles. The van der Waals surface area contributed by atoms with Gasteiger partial charge in [-0.3, -0.25) is 4.98 Å². The summed E-state index contributed by atoms with van der Waals surface area (Å²) in [6.07, 6.45) is 4.49. The molecule has 0 aliphatic heterocycles. The third kappa shape index (κ3) is 6.48. The largest absolute Gasteiger partial charge is 0.424 e. The number of ether oxygens (including phenoxy) is 1. The molecule has 1 atom stereocenters. The van der Waals surface area contributed by atoms with Crippen molar-refractivity contribution >= 4 is 45.5 Å². The first kappa shape index (κ1) is 33.3. The summed E-state index contributed by atoms with van der Waals surface area (Å²) in [5.74, 6) is 0. The summed E-state index contributed by atoms with van der Waals surface area (Å²) < 4.78 is 9.31. The Morgan fingerprint density at radius 1 is 0.889 bits per heavy atom. The van der Waals surface area contributed by atoms with Crippen molar-refractivity contribution < 1.29 is 9.53 Å². The maximum atomic E-state index is 12.8. The van der Waals surface area contributed by atoms with Crippen LogP contribution in [0, 0.1) is 5.41 Å². The van der Waals surface area contributed by atoms with E-state index in [1.54, 1.807) is 7.11 Å². The number of hydrogen-bond acceptors (Lipinski definition) is 3. The van der Waals surface area contributed by atoms with Crippen molar-refractivity contribution in [3.63, 3.8) is 0 Å². The second kappa shape index (κ2) is 13.4. The summed E-state index contributed by atoms with van der Waals surface area (Å²) in [6.45, 7) is 14.4. The number of aromatic nitrogens is 2. The number of halogens is 1. The fraction of sp³-hybridized carbons (Fsp3) is 0.359. The molecule has 0 amide bonds. The van der Waals surface area contributed by atoms with Gasteiger partial charge in [-0.25, -0.2) is 0 Å². The van der Waals surface area contributed by atoms with E-state index in [0.29, 0.717) is 0 Å². The maximum absolute atomic E-state index is 12.8. The Hall–Kier alpha value is -3.03. The van der Waals surface area contributed by atoms with Crippen LogP contribution in [0.1, 0.15) is 71.7 Å². The van der Waals surface area contributed by atoms with Gasteiger partial charge in [-0.1, -0.05) is 104 Å². The van der Waals surface area contributed by atoms with Crippen LogP contribution in [0.5, 0.6) is 0 Å². The van der Waals surface area contributed by atoms with Crippen molar-refractivity contribution in [2.45, 2.75) is 78.5 Å². The van der Waals surface area contributed by atoms with Gasteiger partial charge in [-0.15, -0.1) is 0 Å². The lowest BCUT2D eigenvalue weighted by atomic mass is 9.78. The van der Waals surface area contributed by atoms with Gasteiger partial charge in [0.15, 0.2) is 0 Å². The molecule has 5 aromatic rings. The quantitative estimate of drug-likeness (QED) is 0.134. The zero-order valence-electron chi connectivity index (χ0n) is 27.8. The third-order valence-electron chi connectivity index (χ3n) is 9.72. The Morgan fingerprint density at radius 2 is 1.51 bits per heavy atom. The number of aryl methyl sites for hydroxylation is 1. The first-order valence-electron chi connectivity index (χ1n) is 16.1. The fourth-order valence-electron chi connectivity index (χ4n) is 6.97. The predicted octanol–water partition coefficient (Wildman–Crippen LogP) is 9.07. The molecule has 2 aromatic heterocycles. The third-order valence-corrected chi connectivity index (χ3v) is 14.8. The lowest BCUT2D eigenvalue weighted by Gasteiger charge is -2.43. The number of benzene rings is 3. The lowest BCUT2D eigenvalue weighted by Crippen LogP contribution is -2.65. The normalized spacial score (nSPS) is 13.4. The van der Waals surface area contributed by atoms with Crippen LogP contribution in [-0.4, -0.2) is 29.8 Å². The van der Waals surface area contributed by atoms with Crippen LogP contribution < -0.4 is 10.4 Å². The van der Waals surface area contributed by atoms with Crippen LogP contribution in [-0.2, 0) is 17.7 Å². The van der Waals surface area contributed by atoms with Crippen molar-refractivity contribution in [1.29, 1.82) is 0 Å². The van der Waals surface area contributed by atoms with Crippen molar-refractivity contribution in [2.75, 3.05) is 7.11 Å². The van der Waals surface area contributed by atoms with Crippen LogP contribution in [0.15, 0.2) is 102 Å². The molecule has 4 nitrogen and oxygen atoms in total. The van der Waals surface area contributed by atoms with E-state index < -0.39 is 8.32 Å².